The molecule has 7 nitrogen and oxygen atoms in total. The van der Waals surface area contributed by atoms with Crippen molar-refractivity contribution in [1.29, 1.82) is 0 Å². The SMILES string of the molecule is CNCC(=O)N(C)C.O=P(O)(O)O. The molecule has 0 radical (unpaired) electrons. The number of hydrogen-bond donors (Lipinski definition) is 4. The fourth-order valence-electron chi connectivity index (χ4n) is 0.309. The van der Waals surface area contributed by atoms with Crippen molar-refractivity contribution in [2.45, 2.75) is 0 Å². The van der Waals surface area contributed by atoms with Gasteiger partial charge in [0, 0.05) is 14.1 Å². The summed E-state index contributed by atoms with van der Waals surface area (Å²) >= 11 is 0. The van der Waals surface area contributed by atoms with Crippen LogP contribution in [0.5, 0.6) is 0 Å². The van der Waals surface area contributed by atoms with E-state index in [9.17, 15) is 4.79 Å². The molecule has 0 saturated heterocycles. The van der Waals surface area contributed by atoms with Crippen molar-refractivity contribution in [3.63, 3.8) is 0 Å². The maximum atomic E-state index is 10.6. The highest BCUT2D eigenvalue weighted by Crippen LogP contribution is 2.25. The minimum absolute atomic E-state index is 0.104. The first kappa shape index (κ1) is 15.0. The summed E-state index contributed by atoms with van der Waals surface area (Å²) in [5.74, 6) is 0.104. The number of amides is 1. The molecule has 0 saturated carbocycles. The molecule has 4 N–H and O–H groups in total. The highest BCUT2D eigenvalue weighted by Gasteiger charge is 2.00. The number of nitrogens with one attached hydrogen (secondary N) is 1. The van der Waals surface area contributed by atoms with Crippen LogP contribution >= 0.6 is 7.82 Å². The highest BCUT2D eigenvalue weighted by atomic mass is 31.2. The fourth-order valence-corrected chi connectivity index (χ4v) is 0.309. The van der Waals surface area contributed by atoms with E-state index in [0.717, 1.165) is 0 Å². The molecule has 0 aliphatic rings. The van der Waals surface area contributed by atoms with E-state index in [1.54, 1.807) is 26.0 Å². The molecule has 0 fully saturated rings. The van der Waals surface area contributed by atoms with Crippen LogP contribution in [0.25, 0.3) is 0 Å². The third-order valence-corrected chi connectivity index (χ3v) is 0.827. The van der Waals surface area contributed by atoms with Gasteiger partial charge in [0.1, 0.15) is 0 Å². The zero-order valence-corrected chi connectivity index (χ0v) is 8.65. The van der Waals surface area contributed by atoms with Crippen molar-refractivity contribution < 1.29 is 24.0 Å². The van der Waals surface area contributed by atoms with Gasteiger partial charge in [0.2, 0.25) is 5.91 Å². The van der Waals surface area contributed by atoms with Crippen LogP contribution in [0.2, 0.25) is 0 Å². The lowest BCUT2D eigenvalue weighted by atomic mass is 10.5. The summed E-state index contributed by atoms with van der Waals surface area (Å²) in [7, 11) is 0.584. The number of phosphoric acid groups is 1. The maximum Gasteiger partial charge on any atom is 0.466 e. The van der Waals surface area contributed by atoms with Gasteiger partial charge in [0.25, 0.3) is 0 Å². The van der Waals surface area contributed by atoms with Gasteiger partial charge in [-0.3, -0.25) is 4.79 Å². The lowest BCUT2D eigenvalue weighted by Gasteiger charge is -2.07. The van der Waals surface area contributed by atoms with Gasteiger partial charge in [0.15, 0.2) is 0 Å². The Bertz CT molecular complexity index is 181. The molecule has 8 heteroatoms. The van der Waals surface area contributed by atoms with Crippen LogP contribution in [0.4, 0.5) is 0 Å². The summed E-state index contributed by atoms with van der Waals surface area (Å²) in [5, 5.41) is 2.76. The molecule has 0 atom stereocenters. The average Bonchev–Trinajstić information content (AvgIpc) is 1.84. The standard InChI is InChI=1S/C5H12N2O.H3O4P/c1-6-4-5(8)7(2)3;1-5(2,3)4/h6H,4H2,1-3H3;(H3,1,2,3,4). The van der Waals surface area contributed by atoms with Crippen LogP contribution in [0.15, 0.2) is 0 Å². The predicted molar refractivity (Wildman–Crippen MR) is 46.9 cm³/mol. The lowest BCUT2D eigenvalue weighted by molar-refractivity contribution is -0.127. The molecule has 0 spiro atoms. The monoisotopic (exact) mass is 214 g/mol. The number of carbonyl (C=O) groups excluding carboxylic acids is 1. The van der Waals surface area contributed by atoms with Gasteiger partial charge in [-0.1, -0.05) is 0 Å². The molecule has 0 aromatic carbocycles. The van der Waals surface area contributed by atoms with Crippen molar-refractivity contribution in [3.05, 3.63) is 0 Å². The first-order valence-corrected chi connectivity index (χ1v) is 4.88. The summed E-state index contributed by atoms with van der Waals surface area (Å²) in [6, 6.07) is 0. The maximum absolute atomic E-state index is 10.6. The topological polar surface area (TPSA) is 110 Å². The summed E-state index contributed by atoms with van der Waals surface area (Å²) in [6.07, 6.45) is 0. The Morgan fingerprint density at radius 1 is 1.38 bits per heavy atom. The molecule has 0 unspecified atom stereocenters. The summed E-state index contributed by atoms with van der Waals surface area (Å²) < 4.78 is 8.88. The Morgan fingerprint density at radius 2 is 1.69 bits per heavy atom. The Morgan fingerprint density at radius 3 is 1.77 bits per heavy atom. The molecule has 0 aromatic rings. The summed E-state index contributed by atoms with van der Waals surface area (Å²) in [4.78, 5) is 33.7. The molecule has 1 amide bonds. The van der Waals surface area contributed by atoms with E-state index in [0.29, 0.717) is 6.54 Å². The van der Waals surface area contributed by atoms with Gasteiger partial charge < -0.3 is 24.9 Å². The zero-order chi connectivity index (χ0) is 11.1. The van der Waals surface area contributed by atoms with E-state index < -0.39 is 7.82 Å². The Balaban J connectivity index is 0. The van der Waals surface area contributed by atoms with E-state index in [1.165, 1.54) is 0 Å². The van der Waals surface area contributed by atoms with Gasteiger partial charge in [-0.15, -0.1) is 0 Å². The fraction of sp³-hybridized carbons (Fsp3) is 0.800. The van der Waals surface area contributed by atoms with Crippen molar-refractivity contribution in [3.8, 4) is 0 Å². The summed E-state index contributed by atoms with van der Waals surface area (Å²) in [5.41, 5.74) is 0. The highest BCUT2D eigenvalue weighted by molar-refractivity contribution is 7.45. The van der Waals surface area contributed by atoms with E-state index in [1.807, 2.05) is 0 Å². The van der Waals surface area contributed by atoms with Crippen LogP contribution < -0.4 is 5.32 Å². The molecule has 13 heavy (non-hydrogen) atoms. The van der Waals surface area contributed by atoms with Crippen molar-refractivity contribution >= 4 is 13.7 Å². The normalized spacial score (nSPS) is 10.0. The third-order valence-electron chi connectivity index (χ3n) is 0.827. The number of hydrogen-bond acceptors (Lipinski definition) is 3. The van der Waals surface area contributed by atoms with E-state index in [4.69, 9.17) is 19.2 Å². The molecule has 0 heterocycles. The van der Waals surface area contributed by atoms with Gasteiger partial charge in [-0.25, -0.2) is 4.57 Å². The number of likely N-dealkylation sites (N-methyl/N-ethyl adjacent to an activating group) is 2. The average molecular weight is 214 g/mol. The summed E-state index contributed by atoms with van der Waals surface area (Å²) in [6.45, 7) is 0.424. The van der Waals surface area contributed by atoms with Gasteiger partial charge >= 0.3 is 7.82 Å². The largest absolute Gasteiger partial charge is 0.466 e. The zero-order valence-electron chi connectivity index (χ0n) is 7.76. The van der Waals surface area contributed by atoms with Crippen LogP contribution in [0.1, 0.15) is 0 Å². The molecule has 0 rings (SSSR count). The molecule has 80 valence electrons. The van der Waals surface area contributed by atoms with E-state index in [2.05, 4.69) is 5.32 Å². The van der Waals surface area contributed by atoms with Crippen molar-refractivity contribution in [2.24, 2.45) is 0 Å². The third kappa shape index (κ3) is 24.6. The molecule has 0 aliphatic carbocycles. The van der Waals surface area contributed by atoms with E-state index in [-0.39, 0.29) is 5.91 Å². The Labute approximate surface area is 76.6 Å². The second-order valence-electron chi connectivity index (χ2n) is 2.33. The Kier molecular flexibility index (Phi) is 8.09. The molecular formula is C5H15N2O5P. The minimum atomic E-state index is -4.64. The predicted octanol–water partition coefficient (Wildman–Crippen LogP) is -1.63. The van der Waals surface area contributed by atoms with Crippen LogP contribution in [0.3, 0.4) is 0 Å². The van der Waals surface area contributed by atoms with Crippen LogP contribution in [-0.2, 0) is 9.36 Å². The quantitative estimate of drug-likeness (QED) is 0.410. The minimum Gasteiger partial charge on any atom is -0.348 e. The second kappa shape index (κ2) is 6.99. The van der Waals surface area contributed by atoms with Crippen LogP contribution in [-0.4, -0.2) is 53.2 Å². The van der Waals surface area contributed by atoms with Gasteiger partial charge in [-0.2, -0.15) is 0 Å². The first-order valence-electron chi connectivity index (χ1n) is 3.31. The van der Waals surface area contributed by atoms with Crippen molar-refractivity contribution in [1.82, 2.24) is 10.2 Å². The van der Waals surface area contributed by atoms with Crippen molar-refractivity contribution in [2.75, 3.05) is 27.7 Å². The molecule has 0 bridgehead atoms. The number of nitrogens with zero attached hydrogens (tertiary/aromatic N) is 1. The molecule has 0 aromatic heterocycles. The number of rotatable bonds is 2. The smallest absolute Gasteiger partial charge is 0.348 e. The lowest BCUT2D eigenvalue weighted by Crippen LogP contribution is -2.30. The molecule has 0 aliphatic heterocycles. The van der Waals surface area contributed by atoms with Gasteiger partial charge in [0.05, 0.1) is 6.54 Å². The van der Waals surface area contributed by atoms with E-state index >= 15 is 0 Å². The second-order valence-corrected chi connectivity index (χ2v) is 3.36. The van der Waals surface area contributed by atoms with Crippen LogP contribution in [0, 0.1) is 0 Å². The number of carbonyl (C=O) groups is 1. The molecular weight excluding hydrogens is 199 g/mol. The first-order chi connectivity index (χ1) is 5.68. The Hall–Kier alpha value is -0.460. The van der Waals surface area contributed by atoms with Gasteiger partial charge in [-0.05, 0) is 7.05 Å².